The van der Waals surface area contributed by atoms with Crippen LogP contribution in [0.5, 0.6) is 5.75 Å². The highest BCUT2D eigenvalue weighted by Crippen LogP contribution is 2.26. The normalized spacial score (nSPS) is 11.4. The largest absolute Gasteiger partial charge is 0.491 e. The minimum absolute atomic E-state index is 0.0563. The van der Waals surface area contributed by atoms with Gasteiger partial charge < -0.3 is 9.84 Å². The van der Waals surface area contributed by atoms with Crippen molar-refractivity contribution in [1.29, 1.82) is 0 Å². The van der Waals surface area contributed by atoms with Crippen LogP contribution in [0.3, 0.4) is 0 Å². The van der Waals surface area contributed by atoms with Gasteiger partial charge in [0.2, 0.25) is 0 Å². The van der Waals surface area contributed by atoms with E-state index in [1.165, 1.54) is 18.2 Å². The second kappa shape index (κ2) is 6.42. The molecule has 0 fully saturated rings. The summed E-state index contributed by atoms with van der Waals surface area (Å²) in [6.45, 7) is 1.82. The van der Waals surface area contributed by atoms with Crippen molar-refractivity contribution < 1.29 is 22.7 Å². The fourth-order valence-electron chi connectivity index (χ4n) is 1.62. The third kappa shape index (κ3) is 3.72. The van der Waals surface area contributed by atoms with Crippen molar-refractivity contribution in [2.75, 3.05) is 11.3 Å². The first-order valence-electron chi connectivity index (χ1n) is 6.09. The van der Waals surface area contributed by atoms with Gasteiger partial charge in [0.1, 0.15) is 4.21 Å². The number of sulfonamides is 1. The number of nitrogens with one attached hydrogen (secondary N) is 1. The summed E-state index contributed by atoms with van der Waals surface area (Å²) in [7, 11) is -3.79. The molecule has 8 heteroatoms. The molecule has 5 nitrogen and oxygen atoms in total. The fourth-order valence-corrected chi connectivity index (χ4v) is 3.87. The van der Waals surface area contributed by atoms with Crippen LogP contribution in [0.15, 0.2) is 33.9 Å². The van der Waals surface area contributed by atoms with E-state index < -0.39 is 15.8 Å². The maximum atomic E-state index is 13.7. The van der Waals surface area contributed by atoms with Crippen LogP contribution in [-0.4, -0.2) is 20.1 Å². The number of hydrogen-bond acceptors (Lipinski definition) is 5. The van der Waals surface area contributed by atoms with Gasteiger partial charge in [-0.15, -0.1) is 11.3 Å². The van der Waals surface area contributed by atoms with Crippen molar-refractivity contribution in [3.63, 3.8) is 0 Å². The zero-order valence-electron chi connectivity index (χ0n) is 11.2. The van der Waals surface area contributed by atoms with Crippen LogP contribution in [0, 0.1) is 5.82 Å². The van der Waals surface area contributed by atoms with Crippen LogP contribution in [0.25, 0.3) is 0 Å². The van der Waals surface area contributed by atoms with Gasteiger partial charge >= 0.3 is 0 Å². The number of thiophene rings is 1. The first-order valence-corrected chi connectivity index (χ1v) is 8.46. The molecule has 2 aromatic rings. The molecule has 1 aromatic heterocycles. The molecule has 0 aliphatic rings. The van der Waals surface area contributed by atoms with E-state index in [4.69, 9.17) is 9.84 Å². The van der Waals surface area contributed by atoms with Gasteiger partial charge in [-0.3, -0.25) is 4.72 Å². The van der Waals surface area contributed by atoms with Crippen molar-refractivity contribution in [3.05, 3.63) is 41.0 Å². The highest BCUT2D eigenvalue weighted by atomic mass is 32.2. The molecule has 0 spiro atoms. The number of halogens is 1. The highest BCUT2D eigenvalue weighted by molar-refractivity contribution is 7.94. The van der Waals surface area contributed by atoms with Crippen molar-refractivity contribution in [2.45, 2.75) is 17.7 Å². The van der Waals surface area contributed by atoms with Crippen LogP contribution in [0.1, 0.15) is 12.5 Å². The van der Waals surface area contributed by atoms with Gasteiger partial charge in [-0.25, -0.2) is 12.8 Å². The van der Waals surface area contributed by atoms with E-state index in [0.29, 0.717) is 12.2 Å². The second-order valence-corrected chi connectivity index (χ2v) is 6.94. The summed E-state index contributed by atoms with van der Waals surface area (Å²) in [5, 5.41) is 10.5. The monoisotopic (exact) mass is 331 g/mol. The average molecular weight is 331 g/mol. The van der Waals surface area contributed by atoms with E-state index in [9.17, 15) is 12.8 Å². The molecule has 0 amide bonds. The van der Waals surface area contributed by atoms with Crippen molar-refractivity contribution >= 4 is 27.0 Å². The molecule has 0 saturated carbocycles. The molecule has 0 aliphatic heterocycles. The summed E-state index contributed by atoms with van der Waals surface area (Å²) in [5.74, 6) is -0.571. The van der Waals surface area contributed by atoms with Gasteiger partial charge in [0.15, 0.2) is 11.6 Å². The van der Waals surface area contributed by atoms with E-state index in [-0.39, 0.29) is 22.3 Å². The van der Waals surface area contributed by atoms with Crippen molar-refractivity contribution in [3.8, 4) is 5.75 Å². The molecule has 114 valence electrons. The quantitative estimate of drug-likeness (QED) is 0.853. The second-order valence-electron chi connectivity index (χ2n) is 4.12. The zero-order chi connectivity index (χ0) is 15.5. The van der Waals surface area contributed by atoms with Crippen LogP contribution >= 0.6 is 11.3 Å². The lowest BCUT2D eigenvalue weighted by Gasteiger charge is -2.09. The molecule has 0 saturated heterocycles. The Bertz CT molecular complexity index is 728. The molecule has 0 aliphatic carbocycles. The summed E-state index contributed by atoms with van der Waals surface area (Å²) in [6.07, 6.45) is 0. The van der Waals surface area contributed by atoms with Gasteiger partial charge in [0, 0.05) is 6.07 Å². The van der Waals surface area contributed by atoms with Gasteiger partial charge in [-0.1, -0.05) is 0 Å². The minimum atomic E-state index is -3.79. The molecule has 0 atom stereocenters. The molecule has 0 bridgehead atoms. The topological polar surface area (TPSA) is 75.6 Å². The van der Waals surface area contributed by atoms with Crippen LogP contribution in [-0.2, 0) is 16.6 Å². The molecular weight excluding hydrogens is 317 g/mol. The molecule has 2 rings (SSSR count). The van der Waals surface area contributed by atoms with Crippen LogP contribution in [0.4, 0.5) is 10.1 Å². The standard InChI is InChI=1S/C13H14FNO4S2/c1-2-19-12-4-3-10(6-11(12)14)15-21(17,18)13-5-9(7-16)8-20-13/h3-6,8,15-16H,2,7H2,1H3. The van der Waals surface area contributed by atoms with Gasteiger partial charge in [0.25, 0.3) is 10.0 Å². The Labute approximate surface area is 126 Å². The molecule has 1 heterocycles. The summed E-state index contributed by atoms with van der Waals surface area (Å²) in [6, 6.07) is 5.22. The third-order valence-corrected chi connectivity index (χ3v) is 5.43. The number of anilines is 1. The SMILES string of the molecule is CCOc1ccc(NS(=O)(=O)c2cc(CO)cs2)cc1F. The highest BCUT2D eigenvalue weighted by Gasteiger charge is 2.17. The molecule has 2 N–H and O–H groups in total. The lowest BCUT2D eigenvalue weighted by molar-refractivity contribution is 0.282. The lowest BCUT2D eigenvalue weighted by Crippen LogP contribution is -2.11. The summed E-state index contributed by atoms with van der Waals surface area (Å²) >= 11 is 0.987. The van der Waals surface area contributed by atoms with Crippen LogP contribution in [0.2, 0.25) is 0 Å². The maximum Gasteiger partial charge on any atom is 0.271 e. The predicted octanol–water partition coefficient (Wildman–Crippen LogP) is 2.58. The number of aliphatic hydroxyl groups is 1. The van der Waals surface area contributed by atoms with E-state index in [0.717, 1.165) is 17.4 Å². The molecule has 1 aromatic carbocycles. The Morgan fingerprint density at radius 1 is 1.38 bits per heavy atom. The van der Waals surface area contributed by atoms with E-state index in [1.807, 2.05) is 0 Å². The third-order valence-electron chi connectivity index (χ3n) is 2.56. The predicted molar refractivity (Wildman–Crippen MR) is 78.6 cm³/mol. The summed E-state index contributed by atoms with van der Waals surface area (Å²) in [4.78, 5) is 0. The minimum Gasteiger partial charge on any atom is -0.491 e. The first kappa shape index (κ1) is 15.7. The first-order chi connectivity index (χ1) is 9.96. The van der Waals surface area contributed by atoms with Gasteiger partial charge in [-0.05, 0) is 36.1 Å². The van der Waals surface area contributed by atoms with Crippen molar-refractivity contribution in [1.82, 2.24) is 0 Å². The molecular formula is C13H14FNO4S2. The number of benzene rings is 1. The van der Waals surface area contributed by atoms with Crippen LogP contribution < -0.4 is 9.46 Å². The van der Waals surface area contributed by atoms with E-state index >= 15 is 0 Å². The van der Waals surface area contributed by atoms with Crippen molar-refractivity contribution in [2.24, 2.45) is 0 Å². The Morgan fingerprint density at radius 3 is 2.71 bits per heavy atom. The average Bonchev–Trinajstić information content (AvgIpc) is 2.91. The Hall–Kier alpha value is -1.64. The summed E-state index contributed by atoms with van der Waals surface area (Å²) in [5.41, 5.74) is 0.619. The van der Waals surface area contributed by atoms with E-state index in [2.05, 4.69) is 4.72 Å². The summed E-state index contributed by atoms with van der Waals surface area (Å²) < 4.78 is 45.3. The Morgan fingerprint density at radius 2 is 2.14 bits per heavy atom. The Balaban J connectivity index is 2.22. The zero-order valence-corrected chi connectivity index (χ0v) is 12.8. The lowest BCUT2D eigenvalue weighted by atomic mass is 10.3. The Kier molecular flexibility index (Phi) is 4.81. The molecule has 0 unspecified atom stereocenters. The molecule has 0 radical (unpaired) electrons. The number of aliphatic hydroxyl groups excluding tert-OH is 1. The maximum absolute atomic E-state index is 13.7. The number of ether oxygens (including phenoxy) is 1. The number of rotatable bonds is 6. The number of hydrogen-bond donors (Lipinski definition) is 2. The smallest absolute Gasteiger partial charge is 0.271 e. The van der Waals surface area contributed by atoms with E-state index in [1.54, 1.807) is 12.3 Å². The fraction of sp³-hybridized carbons (Fsp3) is 0.231. The molecule has 21 heavy (non-hydrogen) atoms. The van der Waals surface area contributed by atoms with Gasteiger partial charge in [0.05, 0.1) is 18.9 Å². The van der Waals surface area contributed by atoms with Gasteiger partial charge in [-0.2, -0.15) is 0 Å².